The second-order valence-electron chi connectivity index (χ2n) is 4.68. The van der Waals surface area contributed by atoms with Crippen LogP contribution in [0.4, 0.5) is 17.2 Å². The molecule has 0 saturated carbocycles. The SMILES string of the molecule is O=C1CCc2cc(Nc3nc(Cl)ccc3[N+](=O)[O-])ccc21. The van der Waals surface area contributed by atoms with Crippen LogP contribution in [0.25, 0.3) is 0 Å². The Bertz CT molecular complexity index is 761. The highest BCUT2D eigenvalue weighted by Gasteiger charge is 2.20. The van der Waals surface area contributed by atoms with Gasteiger partial charge in [0.15, 0.2) is 5.78 Å². The van der Waals surface area contributed by atoms with E-state index in [2.05, 4.69) is 10.3 Å². The van der Waals surface area contributed by atoms with Crippen molar-refractivity contribution in [2.45, 2.75) is 12.8 Å². The van der Waals surface area contributed by atoms with Gasteiger partial charge in [-0.3, -0.25) is 14.9 Å². The van der Waals surface area contributed by atoms with Gasteiger partial charge in [-0.2, -0.15) is 0 Å². The number of benzene rings is 1. The predicted molar refractivity (Wildman–Crippen MR) is 78.3 cm³/mol. The molecule has 6 nitrogen and oxygen atoms in total. The molecule has 0 atom stereocenters. The lowest BCUT2D eigenvalue weighted by Crippen LogP contribution is -2.00. The summed E-state index contributed by atoms with van der Waals surface area (Å²) in [5, 5.41) is 14.0. The van der Waals surface area contributed by atoms with Crippen LogP contribution in [0.2, 0.25) is 5.15 Å². The van der Waals surface area contributed by atoms with Crippen molar-refractivity contribution < 1.29 is 9.72 Å². The van der Waals surface area contributed by atoms with Gasteiger partial charge < -0.3 is 5.32 Å². The minimum absolute atomic E-state index is 0.0803. The molecule has 1 heterocycles. The molecule has 3 rings (SSSR count). The molecule has 1 N–H and O–H groups in total. The zero-order valence-corrected chi connectivity index (χ0v) is 11.6. The van der Waals surface area contributed by atoms with Gasteiger partial charge in [0, 0.05) is 23.7 Å². The van der Waals surface area contributed by atoms with Gasteiger partial charge in [0.2, 0.25) is 5.82 Å². The lowest BCUT2D eigenvalue weighted by molar-refractivity contribution is -0.384. The Morgan fingerprint density at radius 2 is 2.05 bits per heavy atom. The van der Waals surface area contributed by atoms with Crippen molar-refractivity contribution >= 4 is 34.6 Å². The number of halogens is 1. The number of pyridine rings is 1. The van der Waals surface area contributed by atoms with E-state index >= 15 is 0 Å². The summed E-state index contributed by atoms with van der Waals surface area (Å²) in [6.45, 7) is 0. The largest absolute Gasteiger partial charge is 0.334 e. The third-order valence-electron chi connectivity index (χ3n) is 3.33. The fourth-order valence-corrected chi connectivity index (χ4v) is 2.48. The maximum absolute atomic E-state index is 11.6. The minimum Gasteiger partial charge on any atom is -0.334 e. The van der Waals surface area contributed by atoms with Crippen LogP contribution >= 0.6 is 11.6 Å². The van der Waals surface area contributed by atoms with E-state index in [1.807, 2.05) is 6.07 Å². The lowest BCUT2D eigenvalue weighted by atomic mass is 10.1. The highest BCUT2D eigenvalue weighted by molar-refractivity contribution is 6.29. The highest BCUT2D eigenvalue weighted by atomic mass is 35.5. The Morgan fingerprint density at radius 1 is 1.24 bits per heavy atom. The second-order valence-corrected chi connectivity index (χ2v) is 5.07. The molecule has 0 radical (unpaired) electrons. The average Bonchev–Trinajstić information content (AvgIpc) is 2.80. The van der Waals surface area contributed by atoms with Crippen LogP contribution in [0, 0.1) is 10.1 Å². The van der Waals surface area contributed by atoms with E-state index in [9.17, 15) is 14.9 Å². The number of hydrogen-bond donors (Lipinski definition) is 1. The maximum atomic E-state index is 11.6. The van der Waals surface area contributed by atoms with Crippen molar-refractivity contribution in [3.8, 4) is 0 Å². The van der Waals surface area contributed by atoms with Crippen molar-refractivity contribution in [2.75, 3.05) is 5.32 Å². The third kappa shape index (κ3) is 2.57. The molecule has 1 aliphatic rings. The molecule has 0 spiro atoms. The zero-order chi connectivity index (χ0) is 15.0. The molecule has 2 aromatic rings. The van der Waals surface area contributed by atoms with E-state index in [-0.39, 0.29) is 22.4 Å². The Labute approximate surface area is 124 Å². The number of carbonyl (C=O) groups excluding carboxylic acids is 1. The topological polar surface area (TPSA) is 85.1 Å². The smallest absolute Gasteiger partial charge is 0.311 e. The number of aryl methyl sites for hydroxylation is 1. The molecule has 0 amide bonds. The molecule has 21 heavy (non-hydrogen) atoms. The van der Waals surface area contributed by atoms with Gasteiger partial charge in [0.25, 0.3) is 0 Å². The van der Waals surface area contributed by atoms with Crippen LogP contribution in [0.1, 0.15) is 22.3 Å². The van der Waals surface area contributed by atoms with Gasteiger partial charge >= 0.3 is 5.69 Å². The summed E-state index contributed by atoms with van der Waals surface area (Å²) < 4.78 is 0. The Balaban J connectivity index is 1.96. The van der Waals surface area contributed by atoms with Crippen molar-refractivity contribution in [2.24, 2.45) is 0 Å². The monoisotopic (exact) mass is 303 g/mol. The van der Waals surface area contributed by atoms with E-state index in [4.69, 9.17) is 11.6 Å². The van der Waals surface area contributed by atoms with Crippen LogP contribution in [0.3, 0.4) is 0 Å². The number of nitro groups is 1. The second kappa shape index (κ2) is 5.14. The summed E-state index contributed by atoms with van der Waals surface area (Å²) >= 11 is 5.78. The first-order chi connectivity index (χ1) is 10.0. The van der Waals surface area contributed by atoms with Crippen molar-refractivity contribution in [1.82, 2.24) is 4.98 Å². The number of anilines is 2. The molecule has 106 valence electrons. The van der Waals surface area contributed by atoms with E-state index < -0.39 is 4.92 Å². The van der Waals surface area contributed by atoms with Crippen LogP contribution in [0.15, 0.2) is 30.3 Å². The molecule has 7 heteroatoms. The predicted octanol–water partition coefficient (Wildman–Crippen LogP) is 3.52. The van der Waals surface area contributed by atoms with Gasteiger partial charge in [0.05, 0.1) is 4.92 Å². The Kier molecular flexibility index (Phi) is 3.31. The molecular weight excluding hydrogens is 294 g/mol. The Morgan fingerprint density at radius 3 is 2.81 bits per heavy atom. The van der Waals surface area contributed by atoms with E-state index in [1.54, 1.807) is 12.1 Å². The van der Waals surface area contributed by atoms with E-state index in [1.165, 1.54) is 12.1 Å². The summed E-state index contributed by atoms with van der Waals surface area (Å²) in [4.78, 5) is 26.0. The number of aromatic nitrogens is 1. The van der Waals surface area contributed by atoms with E-state index in [0.29, 0.717) is 24.1 Å². The number of Topliss-reactive ketones (excluding diaryl/α,β-unsaturated/α-hetero) is 1. The molecule has 0 fully saturated rings. The maximum Gasteiger partial charge on any atom is 0.311 e. The van der Waals surface area contributed by atoms with Gasteiger partial charge in [-0.15, -0.1) is 0 Å². The molecule has 1 aromatic carbocycles. The summed E-state index contributed by atoms with van der Waals surface area (Å²) in [5.41, 5.74) is 2.14. The zero-order valence-electron chi connectivity index (χ0n) is 10.8. The molecular formula is C14H10ClN3O3. The summed E-state index contributed by atoms with van der Waals surface area (Å²) in [7, 11) is 0. The van der Waals surface area contributed by atoms with Crippen molar-refractivity contribution in [3.63, 3.8) is 0 Å². The van der Waals surface area contributed by atoms with Crippen LogP contribution in [-0.4, -0.2) is 15.7 Å². The summed E-state index contributed by atoms with van der Waals surface area (Å²) in [6, 6.07) is 7.91. The van der Waals surface area contributed by atoms with Crippen LogP contribution in [-0.2, 0) is 6.42 Å². The molecule has 1 aliphatic carbocycles. The number of ketones is 1. The summed E-state index contributed by atoms with van der Waals surface area (Å²) in [6.07, 6.45) is 1.20. The van der Waals surface area contributed by atoms with Crippen molar-refractivity contribution in [3.05, 3.63) is 56.7 Å². The van der Waals surface area contributed by atoms with Crippen molar-refractivity contribution in [1.29, 1.82) is 0 Å². The number of hydrogen-bond acceptors (Lipinski definition) is 5. The minimum atomic E-state index is -0.525. The fourth-order valence-electron chi connectivity index (χ4n) is 2.34. The summed E-state index contributed by atoms with van der Waals surface area (Å²) in [5.74, 6) is 0.209. The average molecular weight is 304 g/mol. The third-order valence-corrected chi connectivity index (χ3v) is 3.54. The van der Waals surface area contributed by atoms with Crippen LogP contribution in [0.5, 0.6) is 0 Å². The highest BCUT2D eigenvalue weighted by Crippen LogP contribution is 2.30. The standard InChI is InChI=1S/C14H10ClN3O3/c15-13-6-4-11(18(20)21)14(17-13)16-9-2-3-10-8(7-9)1-5-12(10)19/h2-4,6-7H,1,5H2,(H,16,17). The number of rotatable bonds is 3. The first-order valence-corrected chi connectivity index (χ1v) is 6.66. The molecule has 0 bridgehead atoms. The molecule has 1 aromatic heterocycles. The number of fused-ring (bicyclic) bond motifs is 1. The molecule has 0 aliphatic heterocycles. The Hall–Kier alpha value is -2.47. The number of nitrogens with one attached hydrogen (secondary N) is 1. The van der Waals surface area contributed by atoms with Gasteiger partial charge in [0.1, 0.15) is 5.15 Å². The number of carbonyl (C=O) groups is 1. The normalized spacial score (nSPS) is 13.1. The lowest BCUT2D eigenvalue weighted by Gasteiger charge is -2.08. The number of nitrogens with zero attached hydrogens (tertiary/aromatic N) is 2. The quantitative estimate of drug-likeness (QED) is 0.532. The fraction of sp³-hybridized carbons (Fsp3) is 0.143. The molecule has 0 unspecified atom stereocenters. The van der Waals surface area contributed by atoms with Gasteiger partial charge in [-0.05, 0) is 36.2 Å². The van der Waals surface area contributed by atoms with E-state index in [0.717, 1.165) is 5.56 Å². The first kappa shape index (κ1) is 13.5. The van der Waals surface area contributed by atoms with Crippen LogP contribution < -0.4 is 5.32 Å². The molecule has 0 saturated heterocycles. The van der Waals surface area contributed by atoms with Gasteiger partial charge in [-0.1, -0.05) is 11.6 Å². The van der Waals surface area contributed by atoms with Gasteiger partial charge in [-0.25, -0.2) is 4.98 Å². The first-order valence-electron chi connectivity index (χ1n) is 6.28.